The molecule has 8 nitrogen and oxygen atoms in total. The Morgan fingerprint density at radius 2 is 2.00 bits per heavy atom. The Labute approximate surface area is 204 Å². The molecule has 0 fully saturated rings. The zero-order valence-electron chi connectivity index (χ0n) is 18.9. The zero-order valence-corrected chi connectivity index (χ0v) is 21.2. The summed E-state index contributed by atoms with van der Waals surface area (Å²) in [5.41, 5.74) is 0.528. The Morgan fingerprint density at radius 3 is 2.62 bits per heavy atom. The average molecular weight is 567 g/mol. The second kappa shape index (κ2) is 14.8. The van der Waals surface area contributed by atoms with Gasteiger partial charge in [0.15, 0.2) is 11.8 Å². The number of alkyl halides is 2. The van der Waals surface area contributed by atoms with Crippen molar-refractivity contribution in [3.63, 3.8) is 0 Å². The highest BCUT2D eigenvalue weighted by Crippen LogP contribution is 2.27. The Kier molecular flexibility index (Phi) is 12.9. The fourth-order valence-electron chi connectivity index (χ4n) is 2.58. The van der Waals surface area contributed by atoms with E-state index in [-0.39, 0.29) is 42.2 Å². The highest BCUT2D eigenvalue weighted by Gasteiger charge is 2.12. The molecule has 0 aliphatic rings. The second-order valence-electron chi connectivity index (χ2n) is 7.07. The van der Waals surface area contributed by atoms with E-state index in [0.29, 0.717) is 55.1 Å². The van der Waals surface area contributed by atoms with Crippen molar-refractivity contribution in [2.75, 3.05) is 19.7 Å². The van der Waals surface area contributed by atoms with Crippen molar-refractivity contribution in [3.05, 3.63) is 35.5 Å². The lowest BCUT2D eigenvalue weighted by Gasteiger charge is -2.14. The quantitative estimate of drug-likeness (QED) is 0.222. The fraction of sp³-hybridized carbons (Fsp3) is 0.571. The van der Waals surface area contributed by atoms with E-state index in [1.54, 1.807) is 12.1 Å². The van der Waals surface area contributed by atoms with Crippen molar-refractivity contribution in [3.8, 4) is 11.5 Å². The first kappa shape index (κ1) is 27.9. The molecule has 2 rings (SSSR count). The van der Waals surface area contributed by atoms with Gasteiger partial charge in [0.1, 0.15) is 11.5 Å². The van der Waals surface area contributed by atoms with Crippen LogP contribution in [-0.4, -0.2) is 42.4 Å². The van der Waals surface area contributed by atoms with Crippen LogP contribution in [0.5, 0.6) is 11.5 Å². The minimum absolute atomic E-state index is 0. The maximum absolute atomic E-state index is 12.8. The minimum Gasteiger partial charge on any atom is -0.493 e. The Morgan fingerprint density at radius 1 is 1.22 bits per heavy atom. The number of guanidine groups is 1. The van der Waals surface area contributed by atoms with Crippen LogP contribution >= 0.6 is 24.0 Å². The van der Waals surface area contributed by atoms with Gasteiger partial charge in [-0.3, -0.25) is 0 Å². The van der Waals surface area contributed by atoms with Crippen LogP contribution in [0.25, 0.3) is 0 Å². The van der Waals surface area contributed by atoms with Gasteiger partial charge in [-0.1, -0.05) is 25.9 Å². The van der Waals surface area contributed by atoms with E-state index in [1.165, 1.54) is 6.07 Å². The highest BCUT2D eigenvalue weighted by molar-refractivity contribution is 14.0. The van der Waals surface area contributed by atoms with Crippen LogP contribution in [0.2, 0.25) is 0 Å². The first-order chi connectivity index (χ1) is 14.9. The largest absolute Gasteiger partial charge is 0.493 e. The molecule has 1 aromatic carbocycles. The number of hydrogen-bond acceptors (Lipinski definition) is 6. The number of hydrogen-bond donors (Lipinski definition) is 2. The van der Waals surface area contributed by atoms with Gasteiger partial charge in [-0.15, -0.1) is 24.0 Å². The van der Waals surface area contributed by atoms with Gasteiger partial charge in [0.2, 0.25) is 5.89 Å². The van der Waals surface area contributed by atoms with E-state index in [0.717, 1.165) is 6.42 Å². The lowest BCUT2D eigenvalue weighted by molar-refractivity contribution is -0.0505. The van der Waals surface area contributed by atoms with Crippen molar-refractivity contribution in [1.82, 2.24) is 20.8 Å². The van der Waals surface area contributed by atoms with Crippen LogP contribution in [0.1, 0.15) is 57.3 Å². The number of benzene rings is 1. The molecule has 0 atom stereocenters. The number of ether oxygens (including phenoxy) is 2. The predicted molar refractivity (Wildman–Crippen MR) is 129 cm³/mol. The van der Waals surface area contributed by atoms with E-state index in [1.807, 2.05) is 27.7 Å². The molecule has 0 aliphatic carbocycles. The highest BCUT2D eigenvalue weighted by atomic mass is 127. The molecule has 1 aromatic heterocycles. The van der Waals surface area contributed by atoms with Crippen molar-refractivity contribution in [1.29, 1.82) is 0 Å². The lowest BCUT2D eigenvalue weighted by Crippen LogP contribution is -2.38. The molecule has 0 aliphatic heterocycles. The molecule has 2 N–H and O–H groups in total. The van der Waals surface area contributed by atoms with Crippen LogP contribution in [0.15, 0.2) is 27.7 Å². The summed E-state index contributed by atoms with van der Waals surface area (Å²) >= 11 is 0. The average Bonchev–Trinajstić information content (AvgIpc) is 3.20. The van der Waals surface area contributed by atoms with Crippen LogP contribution < -0.4 is 20.1 Å². The summed E-state index contributed by atoms with van der Waals surface area (Å²) in [6.07, 6.45) is 1.35. The fourth-order valence-corrected chi connectivity index (χ4v) is 2.58. The molecule has 0 unspecified atom stereocenters. The second-order valence-corrected chi connectivity index (χ2v) is 7.07. The number of nitrogens with zero attached hydrogens (tertiary/aromatic N) is 3. The smallest absolute Gasteiger partial charge is 0.387 e. The molecule has 0 bridgehead atoms. The van der Waals surface area contributed by atoms with Gasteiger partial charge in [-0.2, -0.15) is 13.8 Å². The predicted octanol–water partition coefficient (Wildman–Crippen LogP) is 4.50. The maximum Gasteiger partial charge on any atom is 0.387 e. The van der Waals surface area contributed by atoms with E-state index in [4.69, 9.17) is 9.26 Å². The van der Waals surface area contributed by atoms with E-state index in [9.17, 15) is 8.78 Å². The molecule has 1 heterocycles. The lowest BCUT2D eigenvalue weighted by atomic mass is 10.2. The minimum atomic E-state index is -2.93. The molecule has 0 saturated heterocycles. The molecule has 0 spiro atoms. The summed E-state index contributed by atoms with van der Waals surface area (Å²) in [5.74, 6) is 2.50. The Bertz CT molecular complexity index is 834. The van der Waals surface area contributed by atoms with E-state index >= 15 is 0 Å². The monoisotopic (exact) mass is 567 g/mol. The van der Waals surface area contributed by atoms with Crippen LogP contribution in [0.3, 0.4) is 0 Å². The molecule has 0 radical (unpaired) electrons. The number of aliphatic imine (C=N–C) groups is 1. The Balaban J connectivity index is 0.00000512. The topological polar surface area (TPSA) is 93.8 Å². The SMILES string of the molecule is CCCOc1ccc(CN=C(NCC)NCCc2nc(C(C)C)no2)c(OC(F)F)c1.I. The van der Waals surface area contributed by atoms with Gasteiger partial charge in [0.25, 0.3) is 0 Å². The van der Waals surface area contributed by atoms with Gasteiger partial charge in [0.05, 0.1) is 13.2 Å². The van der Waals surface area contributed by atoms with Gasteiger partial charge in [-0.25, -0.2) is 4.99 Å². The van der Waals surface area contributed by atoms with Crippen molar-refractivity contribution >= 4 is 29.9 Å². The molecule has 0 saturated carbocycles. The number of halogens is 3. The third-order valence-corrected chi connectivity index (χ3v) is 4.11. The standard InChI is InChI=1S/C21H31F2N5O3.HI/c1-5-11-29-16-8-7-15(17(12-16)30-20(22)23)13-26-21(24-6-2)25-10-9-18-27-19(14(3)4)28-31-18;/h7-8,12,14,20H,5-6,9-11,13H2,1-4H3,(H2,24,25,26);1H. The van der Waals surface area contributed by atoms with Gasteiger partial charge in [-0.05, 0) is 25.5 Å². The molecule has 11 heteroatoms. The third-order valence-electron chi connectivity index (χ3n) is 4.11. The van der Waals surface area contributed by atoms with Crippen molar-refractivity contribution in [2.24, 2.45) is 4.99 Å². The van der Waals surface area contributed by atoms with Crippen LogP contribution in [-0.2, 0) is 13.0 Å². The molecule has 180 valence electrons. The first-order valence-corrected chi connectivity index (χ1v) is 10.5. The van der Waals surface area contributed by atoms with E-state index in [2.05, 4.69) is 30.5 Å². The molecular weight excluding hydrogens is 535 g/mol. The van der Waals surface area contributed by atoms with Gasteiger partial charge >= 0.3 is 6.61 Å². The molecular formula is C21H32F2IN5O3. The summed E-state index contributed by atoms with van der Waals surface area (Å²) in [6, 6.07) is 4.87. The zero-order chi connectivity index (χ0) is 22.6. The van der Waals surface area contributed by atoms with Crippen LogP contribution in [0.4, 0.5) is 8.78 Å². The van der Waals surface area contributed by atoms with Crippen molar-refractivity contribution in [2.45, 2.75) is 59.6 Å². The summed E-state index contributed by atoms with van der Waals surface area (Å²) in [6.45, 7) is 6.80. The number of aromatic nitrogens is 2. The Hall–Kier alpha value is -2.18. The normalized spacial score (nSPS) is 11.4. The van der Waals surface area contributed by atoms with E-state index < -0.39 is 6.61 Å². The third kappa shape index (κ3) is 9.53. The summed E-state index contributed by atoms with van der Waals surface area (Å²) < 4.78 is 41.1. The van der Waals surface area contributed by atoms with Crippen LogP contribution in [0, 0.1) is 0 Å². The number of rotatable bonds is 12. The molecule has 32 heavy (non-hydrogen) atoms. The first-order valence-electron chi connectivity index (χ1n) is 10.5. The van der Waals surface area contributed by atoms with Crippen molar-refractivity contribution < 1.29 is 22.8 Å². The summed E-state index contributed by atoms with van der Waals surface area (Å²) in [4.78, 5) is 8.81. The number of nitrogens with one attached hydrogen (secondary N) is 2. The van der Waals surface area contributed by atoms with Gasteiger partial charge in [0, 0.05) is 37.1 Å². The summed E-state index contributed by atoms with van der Waals surface area (Å²) in [7, 11) is 0. The van der Waals surface area contributed by atoms with Gasteiger partial charge < -0.3 is 24.6 Å². The molecule has 0 amide bonds. The maximum atomic E-state index is 12.8. The summed E-state index contributed by atoms with van der Waals surface area (Å²) in [5, 5.41) is 10.2. The molecule has 2 aromatic rings.